The van der Waals surface area contributed by atoms with Crippen molar-refractivity contribution in [2.45, 2.75) is 13.2 Å². The molecule has 2 rings (SSSR count). The molecule has 3 N–H and O–H groups in total. The van der Waals surface area contributed by atoms with Crippen molar-refractivity contribution in [2.75, 3.05) is 11.9 Å². The summed E-state index contributed by atoms with van der Waals surface area (Å²) >= 11 is 0. The van der Waals surface area contributed by atoms with E-state index in [2.05, 4.69) is 10.6 Å². The van der Waals surface area contributed by atoms with Crippen molar-refractivity contribution >= 4 is 17.7 Å². The fourth-order valence-corrected chi connectivity index (χ4v) is 1.87. The number of hydrogen-bond donors (Lipinski definition) is 3. The molecule has 0 aliphatic heterocycles. The number of rotatable bonds is 7. The van der Waals surface area contributed by atoms with Crippen molar-refractivity contribution in [1.82, 2.24) is 5.32 Å². The van der Waals surface area contributed by atoms with Crippen molar-refractivity contribution < 1.29 is 19.4 Å². The van der Waals surface area contributed by atoms with Gasteiger partial charge in [-0.15, -0.1) is 0 Å². The van der Waals surface area contributed by atoms with Crippen LogP contribution in [0, 0.1) is 0 Å². The minimum atomic E-state index is -0.920. The molecule has 0 heterocycles. The Morgan fingerprint density at radius 2 is 1.65 bits per heavy atom. The van der Waals surface area contributed by atoms with Gasteiger partial charge < -0.3 is 20.5 Å². The van der Waals surface area contributed by atoms with Crippen LogP contribution in [0.1, 0.15) is 11.1 Å². The third-order valence-electron chi connectivity index (χ3n) is 3.05. The minimum Gasteiger partial charge on any atom is -0.480 e. The van der Waals surface area contributed by atoms with Gasteiger partial charge in [0, 0.05) is 12.2 Å². The third-order valence-corrected chi connectivity index (χ3v) is 3.05. The Morgan fingerprint density at radius 3 is 2.30 bits per heavy atom. The number of anilines is 1. The molecule has 0 spiro atoms. The first kappa shape index (κ1) is 16.4. The molecule has 2 aromatic carbocycles. The number of nitrogens with one attached hydrogen (secondary N) is 2. The minimum absolute atomic E-state index is 0.136. The van der Waals surface area contributed by atoms with Crippen molar-refractivity contribution in [2.24, 2.45) is 0 Å². The summed E-state index contributed by atoms with van der Waals surface area (Å²) in [5.41, 5.74) is 2.53. The zero-order valence-corrected chi connectivity index (χ0v) is 12.5. The zero-order chi connectivity index (χ0) is 16.5. The average molecular weight is 314 g/mol. The van der Waals surface area contributed by atoms with Gasteiger partial charge in [-0.2, -0.15) is 0 Å². The fourth-order valence-electron chi connectivity index (χ4n) is 1.87. The molecule has 0 saturated heterocycles. The molecular weight excluding hydrogens is 296 g/mol. The summed E-state index contributed by atoms with van der Waals surface area (Å²) in [6.45, 7) is 0.432. The SMILES string of the molecule is O=C(O)CNc1ccc(CNC(=O)OCc2ccccc2)cc1. The second kappa shape index (κ2) is 8.43. The van der Waals surface area contributed by atoms with Crippen LogP contribution in [0.3, 0.4) is 0 Å². The van der Waals surface area contributed by atoms with E-state index >= 15 is 0 Å². The summed E-state index contributed by atoms with van der Waals surface area (Å²) < 4.78 is 5.11. The maximum absolute atomic E-state index is 11.6. The van der Waals surface area contributed by atoms with Crippen LogP contribution in [0.15, 0.2) is 54.6 Å². The molecule has 0 fully saturated rings. The number of hydrogen-bond acceptors (Lipinski definition) is 4. The van der Waals surface area contributed by atoms with Gasteiger partial charge in [-0.05, 0) is 23.3 Å². The summed E-state index contributed by atoms with van der Waals surface area (Å²) in [4.78, 5) is 22.1. The number of ether oxygens (including phenoxy) is 1. The van der Waals surface area contributed by atoms with Gasteiger partial charge in [0.1, 0.15) is 13.2 Å². The van der Waals surface area contributed by atoms with Gasteiger partial charge in [-0.3, -0.25) is 4.79 Å². The lowest BCUT2D eigenvalue weighted by molar-refractivity contribution is -0.134. The highest BCUT2D eigenvalue weighted by atomic mass is 16.5. The van der Waals surface area contributed by atoms with Gasteiger partial charge in [0.2, 0.25) is 0 Å². The highest BCUT2D eigenvalue weighted by Crippen LogP contribution is 2.09. The molecule has 6 nitrogen and oxygen atoms in total. The Kier molecular flexibility index (Phi) is 5.99. The van der Waals surface area contributed by atoms with Crippen LogP contribution >= 0.6 is 0 Å². The lowest BCUT2D eigenvalue weighted by atomic mass is 10.2. The highest BCUT2D eigenvalue weighted by Gasteiger charge is 2.03. The van der Waals surface area contributed by atoms with Crippen molar-refractivity contribution in [3.8, 4) is 0 Å². The van der Waals surface area contributed by atoms with Gasteiger partial charge in [-0.25, -0.2) is 4.79 Å². The van der Waals surface area contributed by atoms with Gasteiger partial charge >= 0.3 is 12.1 Å². The molecule has 23 heavy (non-hydrogen) atoms. The summed E-state index contributed by atoms with van der Waals surface area (Å²) in [7, 11) is 0. The Bertz CT molecular complexity index is 641. The quantitative estimate of drug-likeness (QED) is 0.731. The molecule has 0 aromatic heterocycles. The maximum atomic E-state index is 11.6. The summed E-state index contributed by atoms with van der Waals surface area (Å²) in [6.07, 6.45) is -0.484. The van der Waals surface area contributed by atoms with Crippen LogP contribution in [0.2, 0.25) is 0 Å². The maximum Gasteiger partial charge on any atom is 0.407 e. The Balaban J connectivity index is 1.72. The van der Waals surface area contributed by atoms with Gasteiger partial charge in [-0.1, -0.05) is 42.5 Å². The predicted molar refractivity (Wildman–Crippen MR) is 86.0 cm³/mol. The van der Waals surface area contributed by atoms with Crippen LogP contribution in [-0.4, -0.2) is 23.7 Å². The second-order valence-corrected chi connectivity index (χ2v) is 4.86. The second-order valence-electron chi connectivity index (χ2n) is 4.86. The van der Waals surface area contributed by atoms with Crippen molar-refractivity contribution in [3.63, 3.8) is 0 Å². The van der Waals surface area contributed by atoms with Gasteiger partial charge in [0.05, 0.1) is 0 Å². The molecule has 0 bridgehead atoms. The van der Waals surface area contributed by atoms with Crippen LogP contribution in [0.4, 0.5) is 10.5 Å². The standard InChI is InChI=1S/C17H18N2O4/c20-16(21)11-18-15-8-6-13(7-9-15)10-19-17(22)23-12-14-4-2-1-3-5-14/h1-9,18H,10-12H2,(H,19,22)(H,20,21). The summed E-state index contributed by atoms with van der Waals surface area (Å²) in [5, 5.41) is 14.0. The Hall–Kier alpha value is -3.02. The molecule has 0 aliphatic rings. The lowest BCUT2D eigenvalue weighted by Crippen LogP contribution is -2.23. The molecule has 0 aliphatic carbocycles. The number of carboxylic acids is 1. The van der Waals surface area contributed by atoms with Crippen LogP contribution in [-0.2, 0) is 22.7 Å². The van der Waals surface area contributed by atoms with Crippen LogP contribution in [0.5, 0.6) is 0 Å². The molecule has 2 aromatic rings. The van der Waals surface area contributed by atoms with E-state index in [0.717, 1.165) is 11.1 Å². The number of carbonyl (C=O) groups is 2. The molecule has 0 saturated carbocycles. The molecule has 0 atom stereocenters. The predicted octanol–water partition coefficient (Wildman–Crippen LogP) is 2.61. The fraction of sp³-hybridized carbons (Fsp3) is 0.176. The monoisotopic (exact) mass is 314 g/mol. The number of alkyl carbamates (subject to hydrolysis) is 1. The number of carboxylic acid groups (broad SMARTS) is 1. The van der Waals surface area contributed by atoms with Crippen molar-refractivity contribution in [3.05, 3.63) is 65.7 Å². The van der Waals surface area contributed by atoms with E-state index in [-0.39, 0.29) is 13.2 Å². The zero-order valence-electron chi connectivity index (χ0n) is 12.5. The average Bonchev–Trinajstić information content (AvgIpc) is 2.58. The smallest absolute Gasteiger partial charge is 0.407 e. The van der Waals surface area contributed by atoms with E-state index in [0.29, 0.717) is 12.2 Å². The first-order valence-electron chi connectivity index (χ1n) is 7.12. The number of amides is 1. The van der Waals surface area contributed by atoms with Crippen molar-refractivity contribution in [1.29, 1.82) is 0 Å². The van der Waals surface area contributed by atoms with E-state index in [1.54, 1.807) is 12.1 Å². The lowest BCUT2D eigenvalue weighted by Gasteiger charge is -2.08. The highest BCUT2D eigenvalue weighted by molar-refractivity contribution is 5.72. The molecule has 1 amide bonds. The van der Waals surface area contributed by atoms with Crippen LogP contribution in [0.25, 0.3) is 0 Å². The third kappa shape index (κ3) is 6.09. The summed E-state index contributed by atoms with van der Waals surface area (Å²) in [5.74, 6) is -0.920. The van der Waals surface area contributed by atoms with Crippen LogP contribution < -0.4 is 10.6 Å². The molecular formula is C17H18N2O4. The largest absolute Gasteiger partial charge is 0.480 e. The number of carbonyl (C=O) groups excluding carboxylic acids is 1. The van der Waals surface area contributed by atoms with E-state index in [1.807, 2.05) is 42.5 Å². The van der Waals surface area contributed by atoms with E-state index in [1.165, 1.54) is 0 Å². The van der Waals surface area contributed by atoms with E-state index in [9.17, 15) is 9.59 Å². The van der Waals surface area contributed by atoms with Gasteiger partial charge in [0.15, 0.2) is 0 Å². The summed E-state index contributed by atoms with van der Waals surface area (Å²) in [6, 6.07) is 16.6. The first-order valence-corrected chi connectivity index (χ1v) is 7.12. The Labute approximate surface area is 134 Å². The molecule has 120 valence electrons. The first-order chi connectivity index (χ1) is 11.1. The Morgan fingerprint density at radius 1 is 0.957 bits per heavy atom. The number of aliphatic carboxylic acids is 1. The molecule has 0 radical (unpaired) electrons. The normalized spacial score (nSPS) is 9.91. The van der Waals surface area contributed by atoms with E-state index in [4.69, 9.17) is 9.84 Å². The number of benzene rings is 2. The molecule has 0 unspecified atom stereocenters. The van der Waals surface area contributed by atoms with E-state index < -0.39 is 12.1 Å². The topological polar surface area (TPSA) is 87.7 Å². The molecule has 6 heteroatoms. The van der Waals surface area contributed by atoms with Gasteiger partial charge in [0.25, 0.3) is 0 Å².